The maximum atomic E-state index is 12.4. The predicted octanol–water partition coefficient (Wildman–Crippen LogP) is 2.05. The fraction of sp³-hybridized carbons (Fsp3) is 0.286. The molecule has 100 valence electrons. The summed E-state index contributed by atoms with van der Waals surface area (Å²) in [6, 6.07) is 9.92. The van der Waals surface area contributed by atoms with Crippen molar-refractivity contribution in [3.8, 4) is 0 Å². The van der Waals surface area contributed by atoms with E-state index in [1.165, 1.54) is 11.3 Å². The second-order valence-electron chi connectivity index (χ2n) is 4.24. The Labute approximate surface area is 116 Å². The van der Waals surface area contributed by atoms with E-state index in [9.17, 15) is 4.79 Å². The topological polar surface area (TPSA) is 59.2 Å². The lowest BCUT2D eigenvalue weighted by molar-refractivity contribution is 0.0753. The molecule has 1 aromatic carbocycles. The highest BCUT2D eigenvalue weighted by atomic mass is 32.1. The third-order valence-corrected chi connectivity index (χ3v) is 3.64. The number of rotatable bonds is 5. The number of hydrogen-bond acceptors (Lipinski definition) is 4. The molecule has 1 aromatic heterocycles. The number of thiazole rings is 1. The molecule has 0 aliphatic carbocycles. The quantitative estimate of drug-likeness (QED) is 0.908. The molecule has 2 aromatic rings. The molecule has 1 heterocycles. The highest BCUT2D eigenvalue weighted by Gasteiger charge is 2.17. The number of carbonyl (C=O) groups excluding carboxylic acids is 1. The summed E-state index contributed by atoms with van der Waals surface area (Å²) in [6.45, 7) is 3.47. The van der Waals surface area contributed by atoms with E-state index in [2.05, 4.69) is 4.98 Å². The highest BCUT2D eigenvalue weighted by molar-refractivity contribution is 7.13. The lowest BCUT2D eigenvalue weighted by Crippen LogP contribution is -2.34. The maximum Gasteiger partial charge on any atom is 0.265 e. The number of aromatic nitrogens is 1. The molecule has 0 spiro atoms. The van der Waals surface area contributed by atoms with Gasteiger partial charge >= 0.3 is 0 Å². The molecule has 19 heavy (non-hydrogen) atoms. The number of nitrogens with two attached hydrogens (primary N) is 1. The minimum atomic E-state index is -0.0000898. The minimum absolute atomic E-state index is 0.0000898. The molecule has 0 bridgehead atoms. The van der Waals surface area contributed by atoms with Gasteiger partial charge in [0.1, 0.15) is 4.88 Å². The first-order chi connectivity index (χ1) is 9.20. The van der Waals surface area contributed by atoms with Crippen molar-refractivity contribution in [2.75, 3.05) is 13.1 Å². The van der Waals surface area contributed by atoms with E-state index in [0.717, 1.165) is 10.6 Å². The number of aryl methyl sites for hydroxylation is 1. The first-order valence-corrected chi connectivity index (χ1v) is 6.98. The van der Waals surface area contributed by atoms with Crippen LogP contribution in [0.1, 0.15) is 20.2 Å². The Balaban J connectivity index is 2.13. The molecule has 0 saturated heterocycles. The number of nitrogens with zero attached hydrogens (tertiary/aromatic N) is 2. The predicted molar refractivity (Wildman–Crippen MR) is 77.1 cm³/mol. The molecule has 0 fully saturated rings. The fourth-order valence-electron chi connectivity index (χ4n) is 1.83. The Hall–Kier alpha value is -1.72. The van der Waals surface area contributed by atoms with E-state index in [1.807, 2.05) is 37.3 Å². The van der Waals surface area contributed by atoms with Gasteiger partial charge in [0.2, 0.25) is 0 Å². The monoisotopic (exact) mass is 275 g/mol. The standard InChI is InChI=1S/C14H17N3OS/c1-11-16-9-13(19-11)14(18)17(8-7-15)10-12-5-3-2-4-6-12/h2-6,9H,7-8,10,15H2,1H3. The normalized spacial score (nSPS) is 10.4. The molecule has 5 heteroatoms. The van der Waals surface area contributed by atoms with Crippen LogP contribution in [0.3, 0.4) is 0 Å². The average Bonchev–Trinajstić information content (AvgIpc) is 2.85. The number of benzene rings is 1. The fourth-order valence-corrected chi connectivity index (χ4v) is 2.57. The van der Waals surface area contributed by atoms with E-state index >= 15 is 0 Å². The van der Waals surface area contributed by atoms with Gasteiger partial charge in [-0.25, -0.2) is 4.98 Å². The van der Waals surface area contributed by atoms with E-state index in [-0.39, 0.29) is 5.91 Å². The van der Waals surface area contributed by atoms with Crippen LogP contribution in [0.5, 0.6) is 0 Å². The molecule has 2 rings (SSSR count). The molecule has 0 atom stereocenters. The zero-order valence-corrected chi connectivity index (χ0v) is 11.7. The maximum absolute atomic E-state index is 12.4. The molecule has 2 N–H and O–H groups in total. The van der Waals surface area contributed by atoms with E-state index in [0.29, 0.717) is 24.5 Å². The van der Waals surface area contributed by atoms with Crippen LogP contribution < -0.4 is 5.73 Å². The molecule has 0 radical (unpaired) electrons. The summed E-state index contributed by atoms with van der Waals surface area (Å²) in [6.07, 6.45) is 1.64. The van der Waals surface area contributed by atoms with Crippen LogP contribution in [0.4, 0.5) is 0 Å². The second kappa shape index (κ2) is 6.45. The smallest absolute Gasteiger partial charge is 0.265 e. The molecular formula is C14H17N3OS. The third-order valence-electron chi connectivity index (χ3n) is 2.73. The molecule has 4 nitrogen and oxygen atoms in total. The molecule has 0 aliphatic rings. The first-order valence-electron chi connectivity index (χ1n) is 6.16. The highest BCUT2D eigenvalue weighted by Crippen LogP contribution is 2.15. The van der Waals surface area contributed by atoms with Crippen LogP contribution >= 0.6 is 11.3 Å². The first kappa shape index (κ1) is 13.7. The SMILES string of the molecule is Cc1ncc(C(=O)N(CCN)Cc2ccccc2)s1. The Morgan fingerprint density at radius 3 is 2.68 bits per heavy atom. The van der Waals surface area contributed by atoms with Crippen molar-refractivity contribution in [2.45, 2.75) is 13.5 Å². The average molecular weight is 275 g/mol. The summed E-state index contributed by atoms with van der Waals surface area (Å²) < 4.78 is 0. The van der Waals surface area contributed by atoms with Gasteiger partial charge in [0.15, 0.2) is 0 Å². The summed E-state index contributed by atoms with van der Waals surface area (Å²) >= 11 is 1.42. The van der Waals surface area contributed by atoms with Gasteiger partial charge in [0.25, 0.3) is 5.91 Å². The van der Waals surface area contributed by atoms with Crippen molar-refractivity contribution < 1.29 is 4.79 Å². The Kier molecular flexibility index (Phi) is 4.65. The Morgan fingerprint density at radius 1 is 1.37 bits per heavy atom. The van der Waals surface area contributed by atoms with Gasteiger partial charge < -0.3 is 10.6 Å². The summed E-state index contributed by atoms with van der Waals surface area (Å²) in [5.41, 5.74) is 6.70. The molecule has 0 unspecified atom stereocenters. The van der Waals surface area contributed by atoms with Crippen molar-refractivity contribution in [2.24, 2.45) is 5.73 Å². The molecule has 1 amide bonds. The zero-order valence-electron chi connectivity index (χ0n) is 10.9. The van der Waals surface area contributed by atoms with Gasteiger partial charge in [-0.2, -0.15) is 0 Å². The molecular weight excluding hydrogens is 258 g/mol. The van der Waals surface area contributed by atoms with Gasteiger partial charge in [0, 0.05) is 19.6 Å². The number of hydrogen-bond donors (Lipinski definition) is 1. The van der Waals surface area contributed by atoms with Gasteiger partial charge in [-0.3, -0.25) is 4.79 Å². The van der Waals surface area contributed by atoms with Crippen LogP contribution in [0.2, 0.25) is 0 Å². The van der Waals surface area contributed by atoms with Gasteiger partial charge in [-0.1, -0.05) is 30.3 Å². The van der Waals surface area contributed by atoms with Crippen LogP contribution in [-0.2, 0) is 6.54 Å². The Morgan fingerprint density at radius 2 is 2.11 bits per heavy atom. The molecule has 0 saturated carbocycles. The van der Waals surface area contributed by atoms with Crippen molar-refractivity contribution in [1.29, 1.82) is 0 Å². The largest absolute Gasteiger partial charge is 0.332 e. The lowest BCUT2D eigenvalue weighted by Gasteiger charge is -2.21. The van der Waals surface area contributed by atoms with E-state index < -0.39 is 0 Å². The second-order valence-corrected chi connectivity index (χ2v) is 5.48. The number of amides is 1. The molecule has 0 aliphatic heterocycles. The minimum Gasteiger partial charge on any atom is -0.332 e. The van der Waals surface area contributed by atoms with Gasteiger partial charge in [-0.15, -0.1) is 11.3 Å². The summed E-state index contributed by atoms with van der Waals surface area (Å²) in [5, 5.41) is 0.899. The van der Waals surface area contributed by atoms with Crippen molar-refractivity contribution in [3.63, 3.8) is 0 Å². The van der Waals surface area contributed by atoms with Crippen LogP contribution in [0, 0.1) is 6.92 Å². The Bertz CT molecular complexity index is 539. The van der Waals surface area contributed by atoms with Crippen molar-refractivity contribution in [1.82, 2.24) is 9.88 Å². The van der Waals surface area contributed by atoms with E-state index in [1.54, 1.807) is 11.1 Å². The summed E-state index contributed by atoms with van der Waals surface area (Å²) in [7, 11) is 0. The van der Waals surface area contributed by atoms with Crippen molar-refractivity contribution in [3.05, 3.63) is 52.0 Å². The lowest BCUT2D eigenvalue weighted by atomic mass is 10.2. The van der Waals surface area contributed by atoms with Crippen molar-refractivity contribution >= 4 is 17.2 Å². The van der Waals surface area contributed by atoms with E-state index in [4.69, 9.17) is 5.73 Å². The number of carbonyl (C=O) groups is 1. The van der Waals surface area contributed by atoms with Crippen LogP contribution in [0.25, 0.3) is 0 Å². The van der Waals surface area contributed by atoms with Crippen LogP contribution in [0.15, 0.2) is 36.5 Å². The zero-order chi connectivity index (χ0) is 13.7. The summed E-state index contributed by atoms with van der Waals surface area (Å²) in [5.74, 6) is -0.0000898. The summed E-state index contributed by atoms with van der Waals surface area (Å²) in [4.78, 5) is 19.0. The van der Waals surface area contributed by atoms with Crippen LogP contribution in [-0.4, -0.2) is 28.9 Å². The van der Waals surface area contributed by atoms with Gasteiger partial charge in [-0.05, 0) is 12.5 Å². The van der Waals surface area contributed by atoms with Gasteiger partial charge in [0.05, 0.1) is 11.2 Å². The third kappa shape index (κ3) is 3.62.